The predicted octanol–water partition coefficient (Wildman–Crippen LogP) is 4.50. The third kappa shape index (κ3) is 4.05. The number of imide groups is 2. The Balaban J connectivity index is 1.92. The van der Waals surface area contributed by atoms with Gasteiger partial charge in [-0.05, 0) is 49.1 Å². The third-order valence-electron chi connectivity index (χ3n) is 6.99. The molecule has 1 fully saturated rings. The normalized spacial score (nSPS) is 21.8. The Morgan fingerprint density at radius 1 is 1.11 bits per heavy atom. The summed E-state index contributed by atoms with van der Waals surface area (Å²) in [6.07, 6.45) is 2.98. The van der Waals surface area contributed by atoms with E-state index in [-0.39, 0.29) is 12.1 Å². The van der Waals surface area contributed by atoms with E-state index in [9.17, 15) is 24.5 Å². The first-order chi connectivity index (χ1) is 16.7. The number of nitrogens with one attached hydrogen (secondary N) is 1. The molecule has 0 bridgehead atoms. The lowest BCUT2D eigenvalue weighted by Gasteiger charge is -2.52. The molecule has 0 radical (unpaired) electrons. The van der Waals surface area contributed by atoms with Gasteiger partial charge in [0.15, 0.2) is 5.41 Å². The van der Waals surface area contributed by atoms with Crippen molar-refractivity contribution in [1.29, 1.82) is 0 Å². The van der Waals surface area contributed by atoms with Crippen molar-refractivity contribution in [3.8, 4) is 0 Å². The van der Waals surface area contributed by atoms with Gasteiger partial charge in [-0.2, -0.15) is 0 Å². The molecule has 2 aromatic carbocycles. The average Bonchev–Trinajstić information content (AvgIpc) is 2.82. The van der Waals surface area contributed by atoms with Crippen LogP contribution in [0.25, 0.3) is 0 Å². The van der Waals surface area contributed by atoms with E-state index in [1.165, 1.54) is 12.1 Å². The summed E-state index contributed by atoms with van der Waals surface area (Å²) in [4.78, 5) is 54.9. The van der Waals surface area contributed by atoms with Crippen LogP contribution in [-0.4, -0.2) is 35.4 Å². The first-order valence-corrected chi connectivity index (χ1v) is 12.0. The van der Waals surface area contributed by atoms with Crippen LogP contribution in [0.1, 0.15) is 50.7 Å². The van der Waals surface area contributed by atoms with Gasteiger partial charge in [-0.25, -0.2) is 9.69 Å². The molecule has 2 atom stereocenters. The first kappa shape index (κ1) is 24.4. The van der Waals surface area contributed by atoms with Crippen molar-refractivity contribution in [2.45, 2.75) is 58.9 Å². The van der Waals surface area contributed by atoms with Crippen molar-refractivity contribution in [3.63, 3.8) is 0 Å². The maximum atomic E-state index is 14.3. The Kier molecular flexibility index (Phi) is 6.60. The summed E-state index contributed by atoms with van der Waals surface area (Å²) in [5.41, 5.74) is 0.924. The highest BCUT2D eigenvalue weighted by Crippen LogP contribution is 2.47. The quantitative estimate of drug-likeness (QED) is 0.356. The number of carbonyl (C=O) groups is 3. The van der Waals surface area contributed by atoms with E-state index >= 15 is 0 Å². The molecule has 0 aromatic heterocycles. The number of rotatable bonds is 7. The highest BCUT2D eigenvalue weighted by atomic mass is 16.6. The molecule has 2 heterocycles. The van der Waals surface area contributed by atoms with E-state index in [0.717, 1.165) is 35.4 Å². The molecule has 35 heavy (non-hydrogen) atoms. The molecule has 0 aliphatic carbocycles. The first-order valence-electron chi connectivity index (χ1n) is 12.0. The minimum atomic E-state index is -1.59. The predicted molar refractivity (Wildman–Crippen MR) is 132 cm³/mol. The summed E-state index contributed by atoms with van der Waals surface area (Å²) in [7, 11) is 0. The fraction of sp³-hybridized carbons (Fsp3) is 0.423. The molecule has 0 saturated carbocycles. The number of barbiturate groups is 1. The molecule has 2 aromatic rings. The zero-order chi connectivity index (χ0) is 25.3. The summed E-state index contributed by atoms with van der Waals surface area (Å²) in [6, 6.07) is 10.4. The number of hydrogen-bond acceptors (Lipinski definition) is 6. The van der Waals surface area contributed by atoms with Gasteiger partial charge in [0.2, 0.25) is 5.91 Å². The summed E-state index contributed by atoms with van der Waals surface area (Å²) in [5.74, 6) is -1.23. The number of amides is 4. The lowest BCUT2D eigenvalue weighted by molar-refractivity contribution is -0.384. The molecule has 2 aliphatic heterocycles. The van der Waals surface area contributed by atoms with Gasteiger partial charge in [-0.1, -0.05) is 38.8 Å². The summed E-state index contributed by atoms with van der Waals surface area (Å²) >= 11 is 0. The van der Waals surface area contributed by atoms with Crippen LogP contribution >= 0.6 is 0 Å². The van der Waals surface area contributed by atoms with E-state index in [4.69, 9.17) is 0 Å². The average molecular weight is 479 g/mol. The fourth-order valence-electron chi connectivity index (χ4n) is 5.34. The van der Waals surface area contributed by atoms with Crippen LogP contribution in [0.4, 0.5) is 21.9 Å². The number of carbonyl (C=O) groups excluding carboxylic acids is 3. The van der Waals surface area contributed by atoms with Crippen LogP contribution in [0.2, 0.25) is 0 Å². The van der Waals surface area contributed by atoms with Gasteiger partial charge >= 0.3 is 6.03 Å². The highest BCUT2D eigenvalue weighted by Gasteiger charge is 2.62. The van der Waals surface area contributed by atoms with Crippen LogP contribution in [0.5, 0.6) is 0 Å². The lowest BCUT2D eigenvalue weighted by Crippen LogP contribution is -2.72. The molecule has 2 aliphatic rings. The van der Waals surface area contributed by atoms with Crippen molar-refractivity contribution in [2.24, 2.45) is 5.41 Å². The number of unbranched alkanes of at least 4 members (excludes halogenated alkanes) is 1. The highest BCUT2D eigenvalue weighted by molar-refractivity contribution is 6.30. The van der Waals surface area contributed by atoms with E-state index in [1.54, 1.807) is 24.3 Å². The molecule has 4 amide bonds. The molecule has 1 spiro atoms. The lowest BCUT2D eigenvalue weighted by atomic mass is 9.67. The van der Waals surface area contributed by atoms with Gasteiger partial charge in [0.25, 0.3) is 11.6 Å². The van der Waals surface area contributed by atoms with E-state index in [1.807, 2.05) is 19.9 Å². The monoisotopic (exact) mass is 478 g/mol. The van der Waals surface area contributed by atoms with E-state index < -0.39 is 34.2 Å². The SMILES string of the molecule is CCCCN1c2ccc([N+](=O)[O-])cc2CC2(C(=O)NC(=O)N(c3cccc(C)c3)C2=O)C1CCC. The molecule has 4 rings (SSSR count). The Hall–Kier alpha value is -3.75. The molecule has 9 nitrogen and oxygen atoms in total. The molecule has 184 valence electrons. The third-order valence-corrected chi connectivity index (χ3v) is 6.99. The summed E-state index contributed by atoms with van der Waals surface area (Å²) < 4.78 is 0. The summed E-state index contributed by atoms with van der Waals surface area (Å²) in [5, 5.41) is 13.9. The van der Waals surface area contributed by atoms with Gasteiger partial charge < -0.3 is 4.90 Å². The number of hydrogen-bond donors (Lipinski definition) is 1. The summed E-state index contributed by atoms with van der Waals surface area (Å²) in [6.45, 7) is 6.50. The Bertz CT molecular complexity index is 1200. The Labute approximate surface area is 204 Å². The van der Waals surface area contributed by atoms with E-state index in [2.05, 4.69) is 17.1 Å². The van der Waals surface area contributed by atoms with Crippen LogP contribution in [0.3, 0.4) is 0 Å². The Morgan fingerprint density at radius 2 is 1.89 bits per heavy atom. The molecular weight excluding hydrogens is 448 g/mol. The number of aryl methyl sites for hydroxylation is 1. The number of non-ortho nitro benzene ring substituents is 1. The van der Waals surface area contributed by atoms with Crippen molar-refractivity contribution in [1.82, 2.24) is 5.32 Å². The number of nitro groups is 1. The fourth-order valence-corrected chi connectivity index (χ4v) is 5.34. The van der Waals surface area contributed by atoms with Gasteiger partial charge in [0.05, 0.1) is 16.7 Å². The number of anilines is 2. The van der Waals surface area contributed by atoms with Gasteiger partial charge in [-0.15, -0.1) is 0 Å². The molecule has 1 N–H and O–H groups in total. The van der Waals surface area contributed by atoms with Crippen LogP contribution in [-0.2, 0) is 16.0 Å². The standard InChI is InChI=1S/C26H30N4O5/c1-4-6-13-28-21-12-11-20(30(34)35)15-18(21)16-26(22(28)8-5-2)23(31)27-25(33)29(24(26)32)19-10-7-9-17(3)14-19/h7,9-12,14-15,22H,4-6,8,13,16H2,1-3H3,(H,27,31,33). The number of nitrogens with zero attached hydrogens (tertiary/aromatic N) is 3. The number of fused-ring (bicyclic) bond motifs is 1. The largest absolute Gasteiger partial charge is 0.367 e. The molecule has 2 unspecified atom stereocenters. The van der Waals surface area contributed by atoms with Gasteiger partial charge in [0.1, 0.15) is 0 Å². The van der Waals surface area contributed by atoms with Crippen LogP contribution in [0, 0.1) is 22.5 Å². The minimum Gasteiger partial charge on any atom is -0.367 e. The molecule has 1 saturated heterocycles. The van der Waals surface area contributed by atoms with Crippen LogP contribution < -0.4 is 15.1 Å². The second kappa shape index (κ2) is 9.48. The number of nitro benzene ring substituents is 1. The van der Waals surface area contributed by atoms with Crippen molar-refractivity contribution >= 4 is 34.9 Å². The second-order valence-corrected chi connectivity index (χ2v) is 9.31. The van der Waals surface area contributed by atoms with Gasteiger partial charge in [0, 0.05) is 30.8 Å². The molecule has 9 heteroatoms. The van der Waals surface area contributed by atoms with E-state index in [0.29, 0.717) is 24.2 Å². The minimum absolute atomic E-state index is 0.0163. The van der Waals surface area contributed by atoms with Crippen molar-refractivity contribution in [2.75, 3.05) is 16.3 Å². The van der Waals surface area contributed by atoms with Crippen molar-refractivity contribution < 1.29 is 19.3 Å². The number of urea groups is 1. The van der Waals surface area contributed by atoms with Crippen LogP contribution in [0.15, 0.2) is 42.5 Å². The molecular formula is C26H30N4O5. The maximum absolute atomic E-state index is 14.3. The zero-order valence-corrected chi connectivity index (χ0v) is 20.2. The number of benzene rings is 2. The Morgan fingerprint density at radius 3 is 2.54 bits per heavy atom. The topological polar surface area (TPSA) is 113 Å². The van der Waals surface area contributed by atoms with Crippen molar-refractivity contribution in [3.05, 3.63) is 63.7 Å². The maximum Gasteiger partial charge on any atom is 0.335 e. The second-order valence-electron chi connectivity index (χ2n) is 9.31. The zero-order valence-electron chi connectivity index (χ0n) is 20.2. The smallest absolute Gasteiger partial charge is 0.335 e. The van der Waals surface area contributed by atoms with Gasteiger partial charge in [-0.3, -0.25) is 25.0 Å².